The Kier molecular flexibility index (Phi) is 2.99. The lowest BCUT2D eigenvalue weighted by Gasteiger charge is -2.22. The highest BCUT2D eigenvalue weighted by Gasteiger charge is 2.33. The molecule has 0 aliphatic carbocycles. The third-order valence-electron chi connectivity index (χ3n) is 3.02. The molecule has 1 fully saturated rings. The first-order valence-corrected chi connectivity index (χ1v) is 7.24. The van der Waals surface area contributed by atoms with Gasteiger partial charge in [0.15, 0.2) is 15.6 Å². The Morgan fingerprint density at radius 2 is 2.24 bits per heavy atom. The molecule has 0 saturated carbocycles. The molecule has 1 amide bonds. The fraction of sp³-hybridized carbons (Fsp3) is 0.545. The van der Waals surface area contributed by atoms with Crippen molar-refractivity contribution in [2.75, 3.05) is 18.6 Å². The molecule has 0 N–H and O–H groups in total. The van der Waals surface area contributed by atoms with E-state index in [0.29, 0.717) is 6.42 Å². The molecule has 94 valence electrons. The Hall–Kier alpha value is -1.30. The second kappa shape index (κ2) is 4.18. The molecule has 0 bridgehead atoms. The van der Waals surface area contributed by atoms with E-state index in [9.17, 15) is 13.2 Å². The highest BCUT2D eigenvalue weighted by atomic mass is 32.2. The van der Waals surface area contributed by atoms with Crippen molar-refractivity contribution in [2.45, 2.75) is 19.4 Å². The normalized spacial score (nSPS) is 22.6. The van der Waals surface area contributed by atoms with Crippen LogP contribution in [0, 0.1) is 6.92 Å². The van der Waals surface area contributed by atoms with Gasteiger partial charge in [-0.05, 0) is 25.0 Å². The first-order chi connectivity index (χ1) is 7.89. The van der Waals surface area contributed by atoms with Gasteiger partial charge in [0.05, 0.1) is 17.8 Å². The number of aryl methyl sites for hydroxylation is 1. The van der Waals surface area contributed by atoms with Crippen LogP contribution in [-0.4, -0.2) is 43.8 Å². The number of nitrogens with zero attached hydrogens (tertiary/aromatic N) is 1. The number of rotatable bonds is 2. The van der Waals surface area contributed by atoms with E-state index < -0.39 is 9.84 Å². The Morgan fingerprint density at radius 3 is 2.71 bits per heavy atom. The average Bonchev–Trinajstić information content (AvgIpc) is 2.82. The van der Waals surface area contributed by atoms with E-state index in [1.54, 1.807) is 13.1 Å². The molecule has 2 rings (SSSR count). The minimum atomic E-state index is -2.98. The summed E-state index contributed by atoms with van der Waals surface area (Å²) < 4.78 is 27.8. The maximum absolute atomic E-state index is 12.0. The smallest absolute Gasteiger partial charge is 0.289 e. The third-order valence-corrected chi connectivity index (χ3v) is 4.77. The minimum Gasteiger partial charge on any atom is -0.459 e. The first kappa shape index (κ1) is 12.2. The molecule has 0 spiro atoms. The number of amides is 1. The Bertz CT molecular complexity index is 531. The zero-order chi connectivity index (χ0) is 12.6. The van der Waals surface area contributed by atoms with E-state index in [0.717, 1.165) is 5.56 Å². The van der Waals surface area contributed by atoms with Crippen molar-refractivity contribution in [2.24, 2.45) is 0 Å². The highest BCUT2D eigenvalue weighted by molar-refractivity contribution is 7.91. The van der Waals surface area contributed by atoms with Crippen molar-refractivity contribution in [1.29, 1.82) is 0 Å². The van der Waals surface area contributed by atoms with Crippen LogP contribution in [0.2, 0.25) is 0 Å². The molecule has 6 heteroatoms. The summed E-state index contributed by atoms with van der Waals surface area (Å²) in [6, 6.07) is 1.42. The van der Waals surface area contributed by atoms with Crippen molar-refractivity contribution >= 4 is 15.7 Å². The Balaban J connectivity index is 2.11. The van der Waals surface area contributed by atoms with Gasteiger partial charge >= 0.3 is 0 Å². The van der Waals surface area contributed by atoms with Gasteiger partial charge in [0.2, 0.25) is 0 Å². The monoisotopic (exact) mass is 257 g/mol. The second-order valence-corrected chi connectivity index (χ2v) is 6.69. The van der Waals surface area contributed by atoms with Crippen LogP contribution in [0.4, 0.5) is 0 Å². The quantitative estimate of drug-likeness (QED) is 0.787. The van der Waals surface area contributed by atoms with Crippen LogP contribution in [0.15, 0.2) is 16.7 Å². The zero-order valence-electron chi connectivity index (χ0n) is 9.84. The molecule has 0 radical (unpaired) electrons. The van der Waals surface area contributed by atoms with Gasteiger partial charge in [-0.2, -0.15) is 0 Å². The van der Waals surface area contributed by atoms with Gasteiger partial charge in [-0.3, -0.25) is 4.79 Å². The van der Waals surface area contributed by atoms with Crippen LogP contribution in [0.25, 0.3) is 0 Å². The van der Waals surface area contributed by atoms with Crippen LogP contribution >= 0.6 is 0 Å². The summed E-state index contributed by atoms with van der Waals surface area (Å²) in [5, 5.41) is 0. The number of hydrogen-bond acceptors (Lipinski definition) is 4. The van der Waals surface area contributed by atoms with Crippen LogP contribution in [0.5, 0.6) is 0 Å². The lowest BCUT2D eigenvalue weighted by molar-refractivity contribution is 0.0715. The van der Waals surface area contributed by atoms with E-state index >= 15 is 0 Å². The summed E-state index contributed by atoms with van der Waals surface area (Å²) in [6.45, 7) is 1.83. The summed E-state index contributed by atoms with van der Waals surface area (Å²) in [4.78, 5) is 13.5. The molecule has 1 saturated heterocycles. The van der Waals surface area contributed by atoms with E-state index in [4.69, 9.17) is 4.42 Å². The van der Waals surface area contributed by atoms with Crippen molar-refractivity contribution in [3.8, 4) is 0 Å². The fourth-order valence-corrected chi connectivity index (χ4v) is 3.74. The number of furan rings is 1. The molecule has 1 aromatic rings. The van der Waals surface area contributed by atoms with Crippen LogP contribution in [0.1, 0.15) is 22.5 Å². The van der Waals surface area contributed by atoms with Gasteiger partial charge < -0.3 is 9.32 Å². The van der Waals surface area contributed by atoms with Crippen molar-refractivity contribution in [1.82, 2.24) is 4.90 Å². The van der Waals surface area contributed by atoms with Gasteiger partial charge in [-0.15, -0.1) is 0 Å². The lowest BCUT2D eigenvalue weighted by Crippen LogP contribution is -2.37. The third kappa shape index (κ3) is 2.52. The standard InChI is InChI=1S/C11H15NO4S/c1-8-5-10(16-6-8)11(13)12(2)9-3-4-17(14,15)7-9/h5-6,9H,3-4,7H2,1-2H3. The van der Waals surface area contributed by atoms with Crippen LogP contribution in [0.3, 0.4) is 0 Å². The van der Waals surface area contributed by atoms with E-state index in [2.05, 4.69) is 0 Å². The molecule has 1 unspecified atom stereocenters. The van der Waals surface area contributed by atoms with E-state index in [1.165, 1.54) is 11.2 Å². The second-order valence-electron chi connectivity index (χ2n) is 4.46. The van der Waals surface area contributed by atoms with Crippen molar-refractivity contribution < 1.29 is 17.6 Å². The van der Waals surface area contributed by atoms with E-state index in [-0.39, 0.29) is 29.2 Å². The molecular weight excluding hydrogens is 242 g/mol. The SMILES string of the molecule is Cc1coc(C(=O)N(C)C2CCS(=O)(=O)C2)c1. The maximum Gasteiger partial charge on any atom is 0.289 e. The topological polar surface area (TPSA) is 67.6 Å². The van der Waals surface area contributed by atoms with Crippen molar-refractivity contribution in [3.05, 3.63) is 23.7 Å². The maximum atomic E-state index is 12.0. The molecule has 1 aliphatic heterocycles. The number of carbonyl (C=O) groups excluding carboxylic acids is 1. The molecule has 1 aliphatic rings. The molecule has 0 aromatic carbocycles. The van der Waals surface area contributed by atoms with Gasteiger partial charge in [0, 0.05) is 13.1 Å². The van der Waals surface area contributed by atoms with E-state index in [1.807, 2.05) is 6.92 Å². The predicted octanol–water partition coefficient (Wildman–Crippen LogP) is 0.847. The summed E-state index contributed by atoms with van der Waals surface area (Å²) in [5.41, 5.74) is 0.876. The molecule has 1 aromatic heterocycles. The summed E-state index contributed by atoms with van der Waals surface area (Å²) in [7, 11) is -1.36. The summed E-state index contributed by atoms with van der Waals surface area (Å²) in [6.07, 6.45) is 2.01. The largest absolute Gasteiger partial charge is 0.459 e. The molecule has 5 nitrogen and oxygen atoms in total. The molecule has 2 heterocycles. The minimum absolute atomic E-state index is 0.0505. The Labute approximate surface area is 100 Å². The highest BCUT2D eigenvalue weighted by Crippen LogP contribution is 2.19. The van der Waals surface area contributed by atoms with Crippen LogP contribution < -0.4 is 0 Å². The van der Waals surface area contributed by atoms with Gasteiger partial charge in [-0.25, -0.2) is 8.42 Å². The number of carbonyl (C=O) groups is 1. The number of hydrogen-bond donors (Lipinski definition) is 0. The molecular formula is C11H15NO4S. The molecule has 17 heavy (non-hydrogen) atoms. The zero-order valence-corrected chi connectivity index (χ0v) is 10.7. The van der Waals surface area contributed by atoms with Crippen molar-refractivity contribution in [3.63, 3.8) is 0 Å². The van der Waals surface area contributed by atoms with Gasteiger partial charge in [0.1, 0.15) is 0 Å². The summed E-state index contributed by atoms with van der Waals surface area (Å²) >= 11 is 0. The number of sulfone groups is 1. The molecule has 1 atom stereocenters. The van der Waals surface area contributed by atoms with Crippen LogP contribution in [-0.2, 0) is 9.84 Å². The summed E-state index contributed by atoms with van der Waals surface area (Å²) in [5.74, 6) is 0.205. The average molecular weight is 257 g/mol. The Morgan fingerprint density at radius 1 is 1.53 bits per heavy atom. The first-order valence-electron chi connectivity index (χ1n) is 5.42. The predicted molar refractivity (Wildman–Crippen MR) is 62.6 cm³/mol. The lowest BCUT2D eigenvalue weighted by atomic mass is 10.2. The van der Waals surface area contributed by atoms with Gasteiger partial charge in [0.25, 0.3) is 5.91 Å². The fourth-order valence-electron chi connectivity index (χ4n) is 1.96. The van der Waals surface area contributed by atoms with Gasteiger partial charge in [-0.1, -0.05) is 0 Å².